The lowest BCUT2D eigenvalue weighted by Crippen LogP contribution is -2.47. The van der Waals surface area contributed by atoms with Crippen molar-refractivity contribution in [1.29, 1.82) is 0 Å². The standard InChI is InChI=1S/C20H29N5O/c1-21-17(6-16-11-25(2)12-22-16)19-23-18(24-26-19)10-20-7-13-3-14(8-20)5-15(4-13)9-20/h11-15,17,21H,3-10H2,1-2H3. The zero-order valence-corrected chi connectivity index (χ0v) is 15.8. The van der Waals surface area contributed by atoms with Gasteiger partial charge in [0.05, 0.1) is 18.1 Å². The molecule has 0 radical (unpaired) electrons. The summed E-state index contributed by atoms with van der Waals surface area (Å²) in [5.74, 6) is 4.48. The highest BCUT2D eigenvalue weighted by molar-refractivity contribution is 5.07. The molecule has 0 aromatic carbocycles. The predicted octanol–water partition coefficient (Wildman–Crippen LogP) is 3.07. The van der Waals surface area contributed by atoms with Crippen molar-refractivity contribution in [2.24, 2.45) is 30.2 Å². The summed E-state index contributed by atoms with van der Waals surface area (Å²) in [5.41, 5.74) is 1.49. The molecular formula is C20H29N5O. The van der Waals surface area contributed by atoms with Crippen LogP contribution in [0.15, 0.2) is 17.0 Å². The van der Waals surface area contributed by atoms with Crippen LogP contribution in [0.1, 0.15) is 62.0 Å². The van der Waals surface area contributed by atoms with Gasteiger partial charge < -0.3 is 14.4 Å². The van der Waals surface area contributed by atoms with Crippen LogP contribution in [0.2, 0.25) is 0 Å². The van der Waals surface area contributed by atoms with Gasteiger partial charge in [0.25, 0.3) is 0 Å². The van der Waals surface area contributed by atoms with Gasteiger partial charge in [0, 0.05) is 26.1 Å². The Labute approximate surface area is 154 Å². The maximum Gasteiger partial charge on any atom is 0.244 e. The van der Waals surface area contributed by atoms with Crippen LogP contribution < -0.4 is 5.32 Å². The van der Waals surface area contributed by atoms with E-state index in [0.29, 0.717) is 11.3 Å². The van der Waals surface area contributed by atoms with Crippen molar-refractivity contribution in [3.8, 4) is 0 Å². The SMILES string of the molecule is CNC(Cc1cn(C)cn1)c1nc(CC23CC4CC(CC(C4)C2)C3)no1. The number of hydrogen-bond acceptors (Lipinski definition) is 5. The van der Waals surface area contributed by atoms with Crippen molar-refractivity contribution in [3.05, 3.63) is 29.9 Å². The largest absolute Gasteiger partial charge is 0.340 e. The van der Waals surface area contributed by atoms with E-state index in [9.17, 15) is 0 Å². The van der Waals surface area contributed by atoms with Crippen LogP contribution >= 0.6 is 0 Å². The van der Waals surface area contributed by atoms with Gasteiger partial charge in [-0.05, 0) is 68.7 Å². The second-order valence-corrected chi connectivity index (χ2v) is 9.22. The molecule has 1 unspecified atom stereocenters. The number of aryl methyl sites for hydroxylation is 1. The number of nitrogens with one attached hydrogen (secondary N) is 1. The molecule has 0 saturated heterocycles. The zero-order valence-electron chi connectivity index (χ0n) is 15.8. The van der Waals surface area contributed by atoms with E-state index in [1.165, 1.54) is 38.5 Å². The van der Waals surface area contributed by atoms with E-state index in [0.717, 1.165) is 42.1 Å². The highest BCUT2D eigenvalue weighted by Crippen LogP contribution is 2.60. The molecule has 26 heavy (non-hydrogen) atoms. The van der Waals surface area contributed by atoms with Gasteiger partial charge in [-0.1, -0.05) is 5.16 Å². The van der Waals surface area contributed by atoms with Crippen molar-refractivity contribution in [2.75, 3.05) is 7.05 Å². The van der Waals surface area contributed by atoms with E-state index >= 15 is 0 Å². The summed E-state index contributed by atoms with van der Waals surface area (Å²) < 4.78 is 7.62. The summed E-state index contributed by atoms with van der Waals surface area (Å²) in [5, 5.41) is 7.66. The van der Waals surface area contributed by atoms with E-state index in [1.54, 1.807) is 0 Å². The molecule has 0 spiro atoms. The molecule has 1 atom stereocenters. The molecule has 2 heterocycles. The molecule has 6 rings (SSSR count). The van der Waals surface area contributed by atoms with Gasteiger partial charge in [0.15, 0.2) is 5.82 Å². The molecule has 4 aliphatic rings. The molecule has 0 aliphatic heterocycles. The topological polar surface area (TPSA) is 68.8 Å². The van der Waals surface area contributed by atoms with Gasteiger partial charge in [0.1, 0.15) is 0 Å². The van der Waals surface area contributed by atoms with Crippen molar-refractivity contribution >= 4 is 0 Å². The molecular weight excluding hydrogens is 326 g/mol. The highest BCUT2D eigenvalue weighted by Gasteiger charge is 2.51. The van der Waals surface area contributed by atoms with Gasteiger partial charge in [-0.15, -0.1) is 0 Å². The average molecular weight is 355 g/mol. The van der Waals surface area contributed by atoms with E-state index in [2.05, 4.69) is 15.5 Å². The van der Waals surface area contributed by atoms with Crippen molar-refractivity contribution in [2.45, 2.75) is 57.4 Å². The van der Waals surface area contributed by atoms with Crippen LogP contribution in [0.5, 0.6) is 0 Å². The Balaban J connectivity index is 1.30. The molecule has 0 amide bonds. The van der Waals surface area contributed by atoms with Gasteiger partial charge >= 0.3 is 0 Å². The third-order valence-corrected chi connectivity index (χ3v) is 7.00. The lowest BCUT2D eigenvalue weighted by Gasteiger charge is -2.56. The summed E-state index contributed by atoms with van der Waals surface area (Å²) in [6.07, 6.45) is 14.2. The number of hydrogen-bond donors (Lipinski definition) is 1. The summed E-state index contributed by atoms with van der Waals surface area (Å²) in [6, 6.07) is 0.0162. The number of rotatable bonds is 6. The van der Waals surface area contributed by atoms with E-state index in [4.69, 9.17) is 9.51 Å². The number of likely N-dealkylation sites (N-methyl/N-ethyl adjacent to an activating group) is 1. The fraction of sp³-hybridized carbons (Fsp3) is 0.750. The fourth-order valence-corrected chi connectivity index (χ4v) is 6.42. The second-order valence-electron chi connectivity index (χ2n) is 9.22. The first-order chi connectivity index (χ1) is 12.6. The van der Waals surface area contributed by atoms with Gasteiger partial charge in [-0.25, -0.2) is 4.98 Å². The first-order valence-electron chi connectivity index (χ1n) is 10.1. The van der Waals surface area contributed by atoms with Crippen LogP contribution in [-0.2, 0) is 19.9 Å². The maximum atomic E-state index is 5.65. The average Bonchev–Trinajstić information content (AvgIpc) is 3.20. The van der Waals surface area contributed by atoms with Crippen LogP contribution in [0, 0.1) is 23.2 Å². The first kappa shape index (κ1) is 16.5. The fourth-order valence-electron chi connectivity index (χ4n) is 6.42. The Hall–Kier alpha value is -1.69. The third kappa shape index (κ3) is 2.98. The Bertz CT molecular complexity index is 743. The minimum absolute atomic E-state index is 0.0162. The van der Waals surface area contributed by atoms with E-state index in [-0.39, 0.29) is 6.04 Å². The summed E-state index contributed by atoms with van der Waals surface area (Å²) in [4.78, 5) is 9.20. The molecule has 4 fully saturated rings. The summed E-state index contributed by atoms with van der Waals surface area (Å²) in [7, 11) is 3.93. The Morgan fingerprint density at radius 2 is 1.92 bits per heavy atom. The Morgan fingerprint density at radius 3 is 2.50 bits per heavy atom. The summed E-state index contributed by atoms with van der Waals surface area (Å²) >= 11 is 0. The summed E-state index contributed by atoms with van der Waals surface area (Å²) in [6.45, 7) is 0. The third-order valence-electron chi connectivity index (χ3n) is 7.00. The van der Waals surface area contributed by atoms with Crippen molar-refractivity contribution in [1.82, 2.24) is 25.0 Å². The Kier molecular flexibility index (Phi) is 3.92. The molecule has 1 N–H and O–H groups in total. The molecule has 4 bridgehead atoms. The van der Waals surface area contributed by atoms with Crippen LogP contribution in [0.3, 0.4) is 0 Å². The molecule has 2 aromatic rings. The minimum Gasteiger partial charge on any atom is -0.340 e. The number of imidazole rings is 1. The van der Waals surface area contributed by atoms with E-state index < -0.39 is 0 Å². The number of aromatic nitrogens is 4. The van der Waals surface area contributed by atoms with E-state index in [1.807, 2.05) is 31.2 Å². The van der Waals surface area contributed by atoms with Crippen LogP contribution in [0.25, 0.3) is 0 Å². The van der Waals surface area contributed by atoms with Gasteiger partial charge in [-0.2, -0.15) is 4.98 Å². The molecule has 6 heteroatoms. The molecule has 140 valence electrons. The van der Waals surface area contributed by atoms with Crippen LogP contribution in [-0.4, -0.2) is 26.7 Å². The maximum absolute atomic E-state index is 5.65. The van der Waals surface area contributed by atoms with Crippen molar-refractivity contribution < 1.29 is 4.52 Å². The lowest BCUT2D eigenvalue weighted by molar-refractivity contribution is -0.0533. The van der Waals surface area contributed by atoms with Gasteiger partial charge in [-0.3, -0.25) is 0 Å². The van der Waals surface area contributed by atoms with Crippen molar-refractivity contribution in [3.63, 3.8) is 0 Å². The molecule has 6 nitrogen and oxygen atoms in total. The van der Waals surface area contributed by atoms with Crippen LogP contribution in [0.4, 0.5) is 0 Å². The smallest absolute Gasteiger partial charge is 0.244 e. The van der Waals surface area contributed by atoms with Gasteiger partial charge in [0.2, 0.25) is 5.89 Å². The monoisotopic (exact) mass is 355 g/mol. The Morgan fingerprint density at radius 1 is 1.23 bits per heavy atom. The molecule has 4 aliphatic carbocycles. The number of nitrogens with zero attached hydrogens (tertiary/aromatic N) is 4. The zero-order chi connectivity index (χ0) is 17.7. The normalized spacial score (nSPS) is 33.7. The molecule has 4 saturated carbocycles. The second kappa shape index (κ2) is 6.19. The highest BCUT2D eigenvalue weighted by atomic mass is 16.5. The quantitative estimate of drug-likeness (QED) is 0.862. The first-order valence-corrected chi connectivity index (χ1v) is 10.1. The predicted molar refractivity (Wildman–Crippen MR) is 97.3 cm³/mol. The molecule has 2 aromatic heterocycles. The minimum atomic E-state index is 0.0162. The lowest BCUT2D eigenvalue weighted by atomic mass is 9.49.